The summed E-state index contributed by atoms with van der Waals surface area (Å²) in [7, 11) is 0. The lowest BCUT2D eigenvalue weighted by molar-refractivity contribution is 0.0948. The molecule has 2 aromatic carbocycles. The average molecular weight is 376 g/mol. The number of anilines is 2. The summed E-state index contributed by atoms with van der Waals surface area (Å²) in [5.41, 5.74) is 3.01. The Bertz CT molecular complexity index is 912. The number of amides is 1. The standard InChI is InChI=1S/C22H24N4O2/c1-3-13-23-21(27)20-14-16(2)24-22(26-20)25-18-9-11-19(12-10-18)28-15-17-7-5-4-6-8-17/h4-12,14H,3,13,15H2,1-2H3,(H,23,27)(H,24,25,26). The molecule has 0 saturated heterocycles. The number of hydrogen-bond donors (Lipinski definition) is 2. The highest BCUT2D eigenvalue weighted by Gasteiger charge is 2.10. The van der Waals surface area contributed by atoms with Crippen LogP contribution in [0.4, 0.5) is 11.6 Å². The van der Waals surface area contributed by atoms with Gasteiger partial charge < -0.3 is 15.4 Å². The second-order valence-corrected chi connectivity index (χ2v) is 6.40. The molecular formula is C22H24N4O2. The third kappa shape index (κ3) is 5.54. The van der Waals surface area contributed by atoms with Gasteiger partial charge in [0.15, 0.2) is 0 Å². The highest BCUT2D eigenvalue weighted by atomic mass is 16.5. The van der Waals surface area contributed by atoms with Crippen molar-refractivity contribution in [2.45, 2.75) is 26.9 Å². The average Bonchev–Trinajstić information content (AvgIpc) is 2.72. The van der Waals surface area contributed by atoms with Crippen molar-refractivity contribution in [3.63, 3.8) is 0 Å². The van der Waals surface area contributed by atoms with E-state index in [-0.39, 0.29) is 5.91 Å². The summed E-state index contributed by atoms with van der Waals surface area (Å²) in [5.74, 6) is 0.971. The van der Waals surface area contributed by atoms with Crippen molar-refractivity contribution in [3.05, 3.63) is 77.6 Å². The smallest absolute Gasteiger partial charge is 0.270 e. The summed E-state index contributed by atoms with van der Waals surface area (Å²) < 4.78 is 5.79. The molecule has 144 valence electrons. The Morgan fingerprint density at radius 1 is 1.04 bits per heavy atom. The van der Waals surface area contributed by atoms with Gasteiger partial charge in [0.2, 0.25) is 5.95 Å². The fourth-order valence-corrected chi connectivity index (χ4v) is 2.57. The van der Waals surface area contributed by atoms with Crippen LogP contribution in [0.5, 0.6) is 5.75 Å². The summed E-state index contributed by atoms with van der Waals surface area (Å²) in [6.07, 6.45) is 0.875. The lowest BCUT2D eigenvalue weighted by Crippen LogP contribution is -2.25. The number of nitrogens with one attached hydrogen (secondary N) is 2. The summed E-state index contributed by atoms with van der Waals surface area (Å²) in [5, 5.41) is 5.97. The van der Waals surface area contributed by atoms with Gasteiger partial charge in [-0.1, -0.05) is 37.3 Å². The van der Waals surface area contributed by atoms with Crippen molar-refractivity contribution < 1.29 is 9.53 Å². The molecule has 1 amide bonds. The lowest BCUT2D eigenvalue weighted by Gasteiger charge is -2.10. The van der Waals surface area contributed by atoms with Crippen molar-refractivity contribution in [1.82, 2.24) is 15.3 Å². The summed E-state index contributed by atoms with van der Waals surface area (Å²) in [6.45, 7) is 4.98. The molecule has 1 aromatic heterocycles. The molecule has 0 bridgehead atoms. The fourth-order valence-electron chi connectivity index (χ4n) is 2.57. The minimum atomic E-state index is -0.194. The zero-order valence-electron chi connectivity index (χ0n) is 16.1. The van der Waals surface area contributed by atoms with Crippen molar-refractivity contribution in [2.75, 3.05) is 11.9 Å². The van der Waals surface area contributed by atoms with Gasteiger partial charge >= 0.3 is 0 Å². The predicted molar refractivity (Wildman–Crippen MR) is 110 cm³/mol. The van der Waals surface area contributed by atoms with Crippen LogP contribution in [0.3, 0.4) is 0 Å². The molecule has 0 aliphatic rings. The molecule has 0 aliphatic heterocycles. The summed E-state index contributed by atoms with van der Waals surface area (Å²) in [6, 6.07) is 19.2. The number of nitrogens with zero attached hydrogens (tertiary/aromatic N) is 2. The quantitative estimate of drug-likeness (QED) is 0.615. The molecule has 0 atom stereocenters. The van der Waals surface area contributed by atoms with Gasteiger partial charge in [0.25, 0.3) is 5.91 Å². The fraction of sp³-hybridized carbons (Fsp3) is 0.227. The van der Waals surface area contributed by atoms with Crippen LogP contribution in [0.1, 0.15) is 35.1 Å². The molecule has 0 fully saturated rings. The molecule has 0 spiro atoms. The van der Waals surface area contributed by atoms with Crippen molar-refractivity contribution in [1.29, 1.82) is 0 Å². The van der Waals surface area contributed by atoms with E-state index >= 15 is 0 Å². The van der Waals surface area contributed by atoms with Crippen molar-refractivity contribution in [3.8, 4) is 5.75 Å². The van der Waals surface area contributed by atoms with Crippen LogP contribution in [0, 0.1) is 6.92 Å². The zero-order chi connectivity index (χ0) is 19.8. The molecule has 3 aromatic rings. The molecule has 0 saturated carbocycles. The first-order valence-electron chi connectivity index (χ1n) is 9.31. The van der Waals surface area contributed by atoms with Crippen LogP contribution in [0.15, 0.2) is 60.7 Å². The van der Waals surface area contributed by atoms with Crippen molar-refractivity contribution in [2.24, 2.45) is 0 Å². The Morgan fingerprint density at radius 2 is 1.79 bits per heavy atom. The maximum atomic E-state index is 12.1. The second kappa shape index (κ2) is 9.50. The zero-order valence-corrected chi connectivity index (χ0v) is 16.1. The van der Waals surface area contributed by atoms with Gasteiger partial charge in [0.05, 0.1) is 0 Å². The first-order chi connectivity index (χ1) is 13.6. The van der Waals surface area contributed by atoms with E-state index in [1.54, 1.807) is 6.07 Å². The van der Waals surface area contributed by atoms with Crippen molar-refractivity contribution >= 4 is 17.5 Å². The SMILES string of the molecule is CCCNC(=O)c1cc(C)nc(Nc2ccc(OCc3ccccc3)cc2)n1. The minimum Gasteiger partial charge on any atom is -0.489 e. The molecule has 0 unspecified atom stereocenters. The second-order valence-electron chi connectivity index (χ2n) is 6.40. The number of hydrogen-bond acceptors (Lipinski definition) is 5. The molecule has 1 heterocycles. The number of aryl methyl sites for hydroxylation is 1. The van der Waals surface area contributed by atoms with E-state index in [9.17, 15) is 4.79 Å². The van der Waals surface area contributed by atoms with Gasteiger partial charge in [-0.15, -0.1) is 0 Å². The third-order valence-electron chi connectivity index (χ3n) is 3.98. The van der Waals surface area contributed by atoms with Gasteiger partial charge in [-0.3, -0.25) is 4.79 Å². The van der Waals surface area contributed by atoms with E-state index in [4.69, 9.17) is 4.74 Å². The van der Waals surface area contributed by atoms with E-state index in [0.717, 1.165) is 29.1 Å². The molecule has 3 rings (SSSR count). The van der Waals surface area contributed by atoms with E-state index in [1.807, 2.05) is 68.4 Å². The van der Waals surface area contributed by atoms with Crippen LogP contribution in [0.25, 0.3) is 0 Å². The van der Waals surface area contributed by atoms with Gasteiger partial charge in [-0.25, -0.2) is 9.97 Å². The van der Waals surface area contributed by atoms with Crippen LogP contribution in [-0.4, -0.2) is 22.4 Å². The number of aromatic nitrogens is 2. The van der Waals surface area contributed by atoms with Gasteiger partial charge in [0.1, 0.15) is 18.1 Å². The number of benzene rings is 2. The maximum absolute atomic E-state index is 12.1. The number of carbonyl (C=O) groups excluding carboxylic acids is 1. The molecule has 28 heavy (non-hydrogen) atoms. The van der Waals surface area contributed by atoms with Crippen LogP contribution in [-0.2, 0) is 6.61 Å². The summed E-state index contributed by atoms with van der Waals surface area (Å²) in [4.78, 5) is 20.8. The lowest BCUT2D eigenvalue weighted by atomic mass is 10.2. The molecule has 6 heteroatoms. The highest BCUT2D eigenvalue weighted by molar-refractivity contribution is 5.92. The Labute approximate surface area is 165 Å². The molecular weight excluding hydrogens is 352 g/mol. The predicted octanol–water partition coefficient (Wildman–Crippen LogP) is 4.25. The van der Waals surface area contributed by atoms with Crippen LogP contribution < -0.4 is 15.4 Å². The summed E-state index contributed by atoms with van der Waals surface area (Å²) >= 11 is 0. The van der Waals surface area contributed by atoms with E-state index in [0.29, 0.717) is 24.8 Å². The van der Waals surface area contributed by atoms with E-state index < -0.39 is 0 Å². The van der Waals surface area contributed by atoms with Gasteiger partial charge in [-0.2, -0.15) is 0 Å². The molecule has 0 radical (unpaired) electrons. The Hall–Kier alpha value is -3.41. The maximum Gasteiger partial charge on any atom is 0.270 e. The van der Waals surface area contributed by atoms with E-state index in [1.165, 1.54) is 0 Å². The van der Waals surface area contributed by atoms with Crippen LogP contribution >= 0.6 is 0 Å². The number of rotatable bonds is 8. The van der Waals surface area contributed by atoms with Crippen LogP contribution in [0.2, 0.25) is 0 Å². The monoisotopic (exact) mass is 376 g/mol. The van der Waals surface area contributed by atoms with E-state index in [2.05, 4.69) is 20.6 Å². The first-order valence-corrected chi connectivity index (χ1v) is 9.31. The first kappa shape index (κ1) is 19.4. The number of ether oxygens (including phenoxy) is 1. The molecule has 0 aliphatic carbocycles. The Morgan fingerprint density at radius 3 is 2.50 bits per heavy atom. The highest BCUT2D eigenvalue weighted by Crippen LogP contribution is 2.19. The van der Waals surface area contributed by atoms with Gasteiger partial charge in [0, 0.05) is 17.9 Å². The third-order valence-corrected chi connectivity index (χ3v) is 3.98. The Kier molecular flexibility index (Phi) is 6.57. The topological polar surface area (TPSA) is 76.1 Å². The Balaban J connectivity index is 1.63. The van der Waals surface area contributed by atoms with Gasteiger partial charge in [-0.05, 0) is 49.2 Å². The molecule has 2 N–H and O–H groups in total. The normalized spacial score (nSPS) is 10.4. The minimum absolute atomic E-state index is 0.194. The largest absolute Gasteiger partial charge is 0.489 e. The molecule has 6 nitrogen and oxygen atoms in total. The number of carbonyl (C=O) groups is 1.